The van der Waals surface area contributed by atoms with E-state index in [1.54, 1.807) is 0 Å². The first kappa shape index (κ1) is 9.21. The fraction of sp³-hybridized carbons (Fsp3) is 0.364. The maximum Gasteiger partial charge on any atom is 0.411 e. The summed E-state index contributed by atoms with van der Waals surface area (Å²) in [5, 5.41) is 9.12. The lowest BCUT2D eigenvalue weighted by Crippen LogP contribution is -2.34. The normalized spacial score (nSPS) is 26.9. The minimum Gasteiger partial charge on any atom is -0.465 e. The zero-order valence-electron chi connectivity index (χ0n) is 7.98. The van der Waals surface area contributed by atoms with E-state index in [0.717, 1.165) is 16.6 Å². The van der Waals surface area contributed by atoms with E-state index < -0.39 is 6.09 Å². The Hall–Kier alpha value is -1.03. The molecule has 4 heteroatoms. The number of hydrogen-bond donors (Lipinski definition) is 1. The predicted molar refractivity (Wildman–Crippen MR) is 60.4 cm³/mol. The Morgan fingerprint density at radius 2 is 2.33 bits per heavy atom. The highest BCUT2D eigenvalue weighted by atomic mass is 79.9. The average Bonchev–Trinajstić information content (AvgIpc) is 2.94. The molecule has 0 radical (unpaired) electrons. The molecule has 2 aliphatic rings. The van der Waals surface area contributed by atoms with Crippen LogP contribution in [0.5, 0.6) is 0 Å². The van der Waals surface area contributed by atoms with Crippen LogP contribution in [0.15, 0.2) is 22.7 Å². The van der Waals surface area contributed by atoms with Gasteiger partial charge < -0.3 is 5.11 Å². The summed E-state index contributed by atoms with van der Waals surface area (Å²) in [7, 11) is 0. The van der Waals surface area contributed by atoms with E-state index in [2.05, 4.69) is 15.9 Å². The van der Waals surface area contributed by atoms with Gasteiger partial charge in [0.1, 0.15) is 0 Å². The molecule has 0 aromatic heterocycles. The first-order valence-corrected chi connectivity index (χ1v) is 5.76. The molecular formula is C11H10BrNO2. The number of benzene rings is 1. The second kappa shape index (κ2) is 2.98. The van der Waals surface area contributed by atoms with Gasteiger partial charge in [0.05, 0.1) is 5.69 Å². The van der Waals surface area contributed by atoms with Crippen LogP contribution in [-0.4, -0.2) is 17.7 Å². The third-order valence-electron chi connectivity index (χ3n) is 3.26. The van der Waals surface area contributed by atoms with Crippen LogP contribution in [0.4, 0.5) is 10.5 Å². The number of fused-ring (bicyclic) bond motifs is 3. The Labute approximate surface area is 95.8 Å². The van der Waals surface area contributed by atoms with Crippen molar-refractivity contribution < 1.29 is 9.90 Å². The molecule has 1 aromatic carbocycles. The molecule has 2 unspecified atom stereocenters. The van der Waals surface area contributed by atoms with Gasteiger partial charge in [-0.2, -0.15) is 0 Å². The molecule has 0 saturated heterocycles. The molecule has 0 spiro atoms. The van der Waals surface area contributed by atoms with Crippen LogP contribution in [0, 0.1) is 5.92 Å². The predicted octanol–water partition coefficient (Wildman–Crippen LogP) is 3.05. The van der Waals surface area contributed by atoms with Crippen molar-refractivity contribution in [2.75, 3.05) is 11.4 Å². The highest BCUT2D eigenvalue weighted by Crippen LogP contribution is 2.56. The molecule has 0 bridgehead atoms. The molecule has 1 aromatic rings. The van der Waals surface area contributed by atoms with Crippen molar-refractivity contribution in [1.29, 1.82) is 0 Å². The topological polar surface area (TPSA) is 40.5 Å². The van der Waals surface area contributed by atoms with Crippen molar-refractivity contribution in [2.24, 2.45) is 5.92 Å². The molecule has 1 amide bonds. The van der Waals surface area contributed by atoms with E-state index in [0.29, 0.717) is 18.4 Å². The summed E-state index contributed by atoms with van der Waals surface area (Å²) < 4.78 is 1.04. The van der Waals surface area contributed by atoms with E-state index in [1.165, 1.54) is 10.5 Å². The van der Waals surface area contributed by atoms with Gasteiger partial charge in [-0.3, -0.25) is 4.90 Å². The van der Waals surface area contributed by atoms with Crippen LogP contribution in [-0.2, 0) is 0 Å². The summed E-state index contributed by atoms with van der Waals surface area (Å²) in [5.41, 5.74) is 2.03. The maximum absolute atomic E-state index is 11.1. The van der Waals surface area contributed by atoms with Crippen LogP contribution in [0.2, 0.25) is 0 Å². The minimum absolute atomic E-state index is 0.535. The number of nitrogens with zero attached hydrogens (tertiary/aromatic N) is 1. The summed E-state index contributed by atoms with van der Waals surface area (Å²) in [6, 6.07) is 5.77. The largest absolute Gasteiger partial charge is 0.465 e. The summed E-state index contributed by atoms with van der Waals surface area (Å²) >= 11 is 3.51. The second-order valence-electron chi connectivity index (χ2n) is 4.17. The maximum atomic E-state index is 11.1. The lowest BCUT2D eigenvalue weighted by molar-refractivity contribution is 0.201. The third-order valence-corrected chi connectivity index (χ3v) is 3.95. The van der Waals surface area contributed by atoms with Gasteiger partial charge in [0.15, 0.2) is 0 Å². The summed E-state index contributed by atoms with van der Waals surface area (Å²) in [4.78, 5) is 12.6. The number of amides is 1. The molecule has 1 aliphatic heterocycles. The first-order valence-electron chi connectivity index (χ1n) is 4.97. The zero-order chi connectivity index (χ0) is 10.6. The molecule has 1 aliphatic carbocycles. The van der Waals surface area contributed by atoms with Gasteiger partial charge in [-0.25, -0.2) is 4.79 Å². The van der Waals surface area contributed by atoms with Crippen molar-refractivity contribution >= 4 is 27.7 Å². The molecule has 3 rings (SSSR count). The Kier molecular flexibility index (Phi) is 1.83. The molecule has 1 heterocycles. The fourth-order valence-corrected chi connectivity index (χ4v) is 3.09. The van der Waals surface area contributed by atoms with Crippen LogP contribution < -0.4 is 4.90 Å². The van der Waals surface area contributed by atoms with Crippen LogP contribution in [0.3, 0.4) is 0 Å². The molecule has 1 saturated carbocycles. The van der Waals surface area contributed by atoms with Gasteiger partial charge in [0.25, 0.3) is 0 Å². The Morgan fingerprint density at radius 3 is 3.07 bits per heavy atom. The van der Waals surface area contributed by atoms with Gasteiger partial charge in [-0.1, -0.05) is 22.0 Å². The summed E-state index contributed by atoms with van der Waals surface area (Å²) in [5.74, 6) is 1.11. The molecule has 2 atom stereocenters. The number of hydrogen-bond acceptors (Lipinski definition) is 1. The standard InChI is InChI=1S/C11H10BrNO2/c12-8-2-1-3-9-10(8)7-4-6(7)5-13(9)11(14)15/h1-3,6-7H,4-5H2,(H,14,15). The molecular weight excluding hydrogens is 258 g/mol. The van der Waals surface area contributed by atoms with Gasteiger partial charge in [0.2, 0.25) is 0 Å². The lowest BCUT2D eigenvalue weighted by Gasteiger charge is -2.27. The van der Waals surface area contributed by atoms with Crippen molar-refractivity contribution in [1.82, 2.24) is 0 Å². The van der Waals surface area contributed by atoms with E-state index in [9.17, 15) is 4.79 Å². The SMILES string of the molecule is O=C(O)N1CC2CC2c2c(Br)cccc21. The molecule has 1 fully saturated rings. The number of halogens is 1. The summed E-state index contributed by atoms with van der Waals surface area (Å²) in [6.45, 7) is 0.656. The number of carbonyl (C=O) groups is 1. The highest BCUT2D eigenvalue weighted by molar-refractivity contribution is 9.10. The van der Waals surface area contributed by atoms with Crippen LogP contribution >= 0.6 is 15.9 Å². The van der Waals surface area contributed by atoms with E-state index in [-0.39, 0.29) is 0 Å². The van der Waals surface area contributed by atoms with Crippen LogP contribution in [0.25, 0.3) is 0 Å². The average molecular weight is 268 g/mol. The number of carboxylic acid groups (broad SMARTS) is 1. The van der Waals surface area contributed by atoms with E-state index in [1.807, 2.05) is 18.2 Å². The smallest absolute Gasteiger partial charge is 0.411 e. The number of anilines is 1. The minimum atomic E-state index is -0.847. The van der Waals surface area contributed by atoms with Crippen molar-refractivity contribution in [3.63, 3.8) is 0 Å². The molecule has 78 valence electrons. The number of rotatable bonds is 0. The van der Waals surface area contributed by atoms with E-state index in [4.69, 9.17) is 5.11 Å². The van der Waals surface area contributed by atoms with Crippen molar-refractivity contribution in [3.8, 4) is 0 Å². The Bertz CT molecular complexity index is 446. The third kappa shape index (κ3) is 1.28. The highest BCUT2D eigenvalue weighted by Gasteiger charge is 2.47. The molecule has 1 N–H and O–H groups in total. The van der Waals surface area contributed by atoms with Gasteiger partial charge >= 0.3 is 6.09 Å². The quantitative estimate of drug-likeness (QED) is 0.785. The Balaban J connectivity index is 2.16. The monoisotopic (exact) mass is 267 g/mol. The Morgan fingerprint density at radius 1 is 1.53 bits per heavy atom. The summed E-state index contributed by atoms with van der Waals surface area (Å²) in [6.07, 6.45) is 0.277. The van der Waals surface area contributed by atoms with E-state index >= 15 is 0 Å². The van der Waals surface area contributed by atoms with Crippen molar-refractivity contribution in [2.45, 2.75) is 12.3 Å². The lowest BCUT2D eigenvalue weighted by atomic mass is 10.0. The first-order chi connectivity index (χ1) is 7.18. The van der Waals surface area contributed by atoms with Crippen molar-refractivity contribution in [3.05, 3.63) is 28.2 Å². The fourth-order valence-electron chi connectivity index (χ4n) is 2.44. The molecule has 3 nitrogen and oxygen atoms in total. The second-order valence-corrected chi connectivity index (χ2v) is 5.02. The molecule has 15 heavy (non-hydrogen) atoms. The van der Waals surface area contributed by atoms with Gasteiger partial charge in [0, 0.05) is 11.0 Å². The van der Waals surface area contributed by atoms with Gasteiger partial charge in [-0.15, -0.1) is 0 Å². The zero-order valence-corrected chi connectivity index (χ0v) is 9.57. The van der Waals surface area contributed by atoms with Crippen LogP contribution in [0.1, 0.15) is 17.9 Å². The van der Waals surface area contributed by atoms with Gasteiger partial charge in [-0.05, 0) is 36.0 Å².